The van der Waals surface area contributed by atoms with Gasteiger partial charge < -0.3 is 4.52 Å². The molecule has 0 saturated carbocycles. The Labute approximate surface area is 126 Å². The second-order valence-corrected chi connectivity index (χ2v) is 4.98. The van der Waals surface area contributed by atoms with Crippen LogP contribution < -0.4 is 0 Å². The summed E-state index contributed by atoms with van der Waals surface area (Å²) in [6, 6.07) is 9.99. The zero-order valence-corrected chi connectivity index (χ0v) is 11.9. The number of hydrogen-bond donors (Lipinski definition) is 0. The molecule has 0 aliphatic carbocycles. The van der Waals surface area contributed by atoms with Gasteiger partial charge in [-0.3, -0.25) is 14.5 Å². The van der Waals surface area contributed by atoms with E-state index in [9.17, 15) is 14.4 Å². The van der Waals surface area contributed by atoms with E-state index < -0.39 is 17.8 Å². The monoisotopic (exact) mass is 299 g/mol. The molecular weight excluding hydrogens is 286 g/mol. The van der Waals surface area contributed by atoms with Crippen LogP contribution in [-0.4, -0.2) is 32.8 Å². The topological polar surface area (TPSA) is 83.7 Å². The molecule has 0 atom stereocenters. The Morgan fingerprint density at radius 1 is 1.00 bits per heavy atom. The van der Waals surface area contributed by atoms with Crippen LogP contribution in [0, 0.1) is 6.92 Å². The van der Waals surface area contributed by atoms with E-state index in [-0.39, 0.29) is 13.1 Å². The highest BCUT2D eigenvalue weighted by molar-refractivity contribution is 6.44. The number of imide groups is 2. The SMILES string of the molecule is Cc1cc(CN2C(=O)C(=O)N(Cc3ccccc3)C2=O)no1. The zero-order chi connectivity index (χ0) is 15.7. The molecule has 1 saturated heterocycles. The fourth-order valence-corrected chi connectivity index (χ4v) is 2.25. The van der Waals surface area contributed by atoms with Gasteiger partial charge in [0.05, 0.1) is 13.1 Å². The first-order valence-corrected chi connectivity index (χ1v) is 6.69. The largest absolute Gasteiger partial charge is 0.361 e. The number of rotatable bonds is 4. The Morgan fingerprint density at radius 2 is 1.64 bits per heavy atom. The number of urea groups is 1. The third-order valence-electron chi connectivity index (χ3n) is 3.32. The Balaban J connectivity index is 1.78. The zero-order valence-electron chi connectivity index (χ0n) is 11.9. The minimum Gasteiger partial charge on any atom is -0.361 e. The molecule has 1 aliphatic heterocycles. The molecule has 2 aromatic rings. The molecule has 0 radical (unpaired) electrons. The van der Waals surface area contributed by atoms with Gasteiger partial charge in [-0.2, -0.15) is 0 Å². The van der Waals surface area contributed by atoms with E-state index in [0.717, 1.165) is 15.4 Å². The van der Waals surface area contributed by atoms with Gasteiger partial charge in [0.15, 0.2) is 0 Å². The van der Waals surface area contributed by atoms with Crippen LogP contribution in [0.5, 0.6) is 0 Å². The van der Waals surface area contributed by atoms with Crippen molar-refractivity contribution in [2.45, 2.75) is 20.0 Å². The molecule has 3 rings (SSSR count). The van der Waals surface area contributed by atoms with Gasteiger partial charge in [0.25, 0.3) is 0 Å². The summed E-state index contributed by atoms with van der Waals surface area (Å²) in [4.78, 5) is 38.1. The fraction of sp³-hybridized carbons (Fsp3) is 0.200. The Bertz CT molecular complexity index is 738. The molecule has 22 heavy (non-hydrogen) atoms. The average molecular weight is 299 g/mol. The van der Waals surface area contributed by atoms with Crippen LogP contribution >= 0.6 is 0 Å². The number of aromatic nitrogens is 1. The molecule has 0 bridgehead atoms. The second kappa shape index (κ2) is 5.44. The lowest BCUT2D eigenvalue weighted by atomic mass is 10.2. The maximum Gasteiger partial charge on any atom is 0.334 e. The molecular formula is C15H13N3O4. The molecule has 7 heteroatoms. The first-order chi connectivity index (χ1) is 10.6. The summed E-state index contributed by atoms with van der Waals surface area (Å²) in [6.07, 6.45) is 0. The van der Waals surface area contributed by atoms with Gasteiger partial charge in [0.2, 0.25) is 0 Å². The predicted octanol–water partition coefficient (Wildman–Crippen LogP) is 1.47. The normalized spacial score (nSPS) is 15.0. The first-order valence-electron chi connectivity index (χ1n) is 6.69. The number of carbonyl (C=O) groups is 3. The molecule has 7 nitrogen and oxygen atoms in total. The molecule has 1 aliphatic rings. The molecule has 0 spiro atoms. The minimum atomic E-state index is -0.846. The standard InChI is InChI=1S/C15H13N3O4/c1-10-7-12(16-22-10)9-18-14(20)13(19)17(15(18)21)8-11-5-3-2-4-6-11/h2-7H,8-9H2,1H3. The summed E-state index contributed by atoms with van der Waals surface area (Å²) in [7, 11) is 0. The van der Waals surface area contributed by atoms with Gasteiger partial charge in [0.1, 0.15) is 11.5 Å². The van der Waals surface area contributed by atoms with Crippen LogP contribution in [0.25, 0.3) is 0 Å². The molecule has 1 aromatic carbocycles. The summed E-state index contributed by atoms with van der Waals surface area (Å²) in [5.41, 5.74) is 1.20. The number of carbonyl (C=O) groups excluding carboxylic acids is 3. The molecule has 4 amide bonds. The van der Waals surface area contributed by atoms with Crippen LogP contribution in [0.3, 0.4) is 0 Å². The third kappa shape index (κ3) is 2.48. The van der Waals surface area contributed by atoms with Crippen molar-refractivity contribution in [2.75, 3.05) is 0 Å². The Kier molecular flexibility index (Phi) is 3.46. The van der Waals surface area contributed by atoms with Gasteiger partial charge in [0, 0.05) is 6.07 Å². The lowest BCUT2D eigenvalue weighted by molar-refractivity contribution is -0.143. The van der Waals surface area contributed by atoms with Gasteiger partial charge in [-0.15, -0.1) is 0 Å². The van der Waals surface area contributed by atoms with Crippen molar-refractivity contribution in [3.8, 4) is 0 Å². The maximum atomic E-state index is 12.3. The van der Waals surface area contributed by atoms with E-state index in [1.54, 1.807) is 37.3 Å². The van der Waals surface area contributed by atoms with Gasteiger partial charge >= 0.3 is 17.8 Å². The molecule has 1 fully saturated rings. The van der Waals surface area contributed by atoms with Crippen LogP contribution in [0.15, 0.2) is 40.9 Å². The van der Waals surface area contributed by atoms with Crippen LogP contribution in [0.2, 0.25) is 0 Å². The summed E-state index contributed by atoms with van der Waals surface area (Å²) in [5, 5.41) is 3.73. The highest BCUT2D eigenvalue weighted by Gasteiger charge is 2.44. The van der Waals surface area contributed by atoms with Gasteiger partial charge in [-0.25, -0.2) is 9.69 Å². The fourth-order valence-electron chi connectivity index (χ4n) is 2.25. The van der Waals surface area contributed by atoms with Crippen molar-refractivity contribution in [1.82, 2.24) is 15.0 Å². The highest BCUT2D eigenvalue weighted by Crippen LogP contribution is 2.18. The van der Waals surface area contributed by atoms with Crippen molar-refractivity contribution >= 4 is 17.8 Å². The Morgan fingerprint density at radius 3 is 2.23 bits per heavy atom. The van der Waals surface area contributed by atoms with E-state index in [2.05, 4.69) is 5.16 Å². The van der Waals surface area contributed by atoms with E-state index >= 15 is 0 Å². The number of hydrogen-bond acceptors (Lipinski definition) is 5. The maximum absolute atomic E-state index is 12.3. The van der Waals surface area contributed by atoms with Crippen molar-refractivity contribution in [3.63, 3.8) is 0 Å². The second-order valence-electron chi connectivity index (χ2n) is 4.98. The van der Waals surface area contributed by atoms with Crippen molar-refractivity contribution < 1.29 is 18.9 Å². The van der Waals surface area contributed by atoms with E-state index in [1.807, 2.05) is 6.07 Å². The van der Waals surface area contributed by atoms with Crippen LogP contribution in [0.4, 0.5) is 4.79 Å². The first kappa shape index (κ1) is 14.0. The number of aryl methyl sites for hydroxylation is 1. The molecule has 112 valence electrons. The lowest BCUT2D eigenvalue weighted by Gasteiger charge is -2.14. The summed E-state index contributed by atoms with van der Waals surface area (Å²) >= 11 is 0. The molecule has 1 aromatic heterocycles. The number of nitrogens with zero attached hydrogens (tertiary/aromatic N) is 3. The van der Waals surface area contributed by atoms with Crippen molar-refractivity contribution in [2.24, 2.45) is 0 Å². The highest BCUT2D eigenvalue weighted by atomic mass is 16.5. The van der Waals surface area contributed by atoms with E-state index in [0.29, 0.717) is 11.5 Å². The molecule has 0 N–H and O–H groups in total. The van der Waals surface area contributed by atoms with E-state index in [1.165, 1.54) is 0 Å². The van der Waals surface area contributed by atoms with Crippen LogP contribution in [0.1, 0.15) is 17.0 Å². The lowest BCUT2D eigenvalue weighted by Crippen LogP contribution is -2.32. The number of amides is 4. The molecule has 2 heterocycles. The average Bonchev–Trinajstić information content (AvgIpc) is 3.01. The van der Waals surface area contributed by atoms with Crippen molar-refractivity contribution in [3.05, 3.63) is 53.4 Å². The smallest absolute Gasteiger partial charge is 0.334 e. The summed E-state index contributed by atoms with van der Waals surface area (Å²) in [5.74, 6) is -1.10. The Hall–Kier alpha value is -2.96. The summed E-state index contributed by atoms with van der Waals surface area (Å²) in [6.45, 7) is 1.70. The summed E-state index contributed by atoms with van der Waals surface area (Å²) < 4.78 is 4.90. The molecule has 0 unspecified atom stereocenters. The third-order valence-corrected chi connectivity index (χ3v) is 3.32. The van der Waals surface area contributed by atoms with Gasteiger partial charge in [-0.05, 0) is 12.5 Å². The minimum absolute atomic E-state index is 0.0680. The van der Waals surface area contributed by atoms with Crippen LogP contribution in [-0.2, 0) is 22.7 Å². The van der Waals surface area contributed by atoms with E-state index in [4.69, 9.17) is 4.52 Å². The van der Waals surface area contributed by atoms with Gasteiger partial charge in [-0.1, -0.05) is 35.5 Å². The predicted molar refractivity (Wildman–Crippen MR) is 74.2 cm³/mol. The number of benzene rings is 1. The quantitative estimate of drug-likeness (QED) is 0.630. The van der Waals surface area contributed by atoms with Crippen molar-refractivity contribution in [1.29, 1.82) is 0 Å².